The van der Waals surface area contributed by atoms with Gasteiger partial charge in [0.25, 0.3) is 5.91 Å². The highest BCUT2D eigenvalue weighted by Crippen LogP contribution is 2.19. The minimum Gasteiger partial charge on any atom is -0.380 e. The van der Waals surface area contributed by atoms with Gasteiger partial charge in [-0.1, -0.05) is 17.3 Å². The molecule has 0 saturated carbocycles. The largest absolute Gasteiger partial charge is 0.380 e. The molecule has 0 aliphatic rings. The summed E-state index contributed by atoms with van der Waals surface area (Å²) in [4.78, 5) is 22.4. The summed E-state index contributed by atoms with van der Waals surface area (Å²) >= 11 is 0. The zero-order valence-corrected chi connectivity index (χ0v) is 16.9. The summed E-state index contributed by atoms with van der Waals surface area (Å²) in [6, 6.07) is 15.0. The number of anilines is 2. The minimum absolute atomic E-state index is 0.0510. The topological polar surface area (TPSA) is 98.1 Å². The van der Waals surface area contributed by atoms with Gasteiger partial charge >= 0.3 is 0 Å². The van der Waals surface area contributed by atoms with Crippen LogP contribution in [-0.4, -0.2) is 57.0 Å². The van der Waals surface area contributed by atoms with Gasteiger partial charge in [-0.2, -0.15) is 9.67 Å². The molecule has 1 amide bonds. The van der Waals surface area contributed by atoms with E-state index < -0.39 is 0 Å². The van der Waals surface area contributed by atoms with Crippen molar-refractivity contribution < 1.29 is 9.53 Å². The third kappa shape index (κ3) is 3.96. The molecule has 0 spiro atoms. The van der Waals surface area contributed by atoms with Gasteiger partial charge in [0.05, 0.1) is 18.5 Å². The molecule has 9 heteroatoms. The number of hydrogen-bond acceptors (Lipinski definition) is 7. The van der Waals surface area contributed by atoms with Crippen molar-refractivity contribution in [3.63, 3.8) is 0 Å². The molecule has 4 rings (SSSR count). The molecule has 0 aliphatic carbocycles. The van der Waals surface area contributed by atoms with Crippen molar-refractivity contribution in [2.24, 2.45) is 0 Å². The van der Waals surface area contributed by atoms with E-state index >= 15 is 0 Å². The van der Waals surface area contributed by atoms with Crippen LogP contribution >= 0.6 is 0 Å². The third-order valence-electron chi connectivity index (χ3n) is 4.45. The van der Waals surface area contributed by atoms with E-state index in [1.807, 2.05) is 36.4 Å². The number of carbonyl (C=O) groups excluding carboxylic acids is 1. The molecule has 2 aromatic heterocycles. The summed E-state index contributed by atoms with van der Waals surface area (Å²) < 4.78 is 6.87. The van der Waals surface area contributed by atoms with Crippen molar-refractivity contribution in [2.75, 3.05) is 26.5 Å². The molecular formula is C21H21N7O2. The van der Waals surface area contributed by atoms with Crippen LogP contribution in [0.1, 0.15) is 15.9 Å². The fourth-order valence-electron chi connectivity index (χ4n) is 2.99. The predicted octanol–water partition coefficient (Wildman–Crippen LogP) is 2.80. The number of fused-ring (bicyclic) bond motifs is 1. The fourth-order valence-corrected chi connectivity index (χ4v) is 2.99. The Bertz CT molecular complexity index is 1190. The zero-order valence-electron chi connectivity index (χ0n) is 16.9. The van der Waals surface area contributed by atoms with Gasteiger partial charge in [-0.15, -0.1) is 5.10 Å². The summed E-state index contributed by atoms with van der Waals surface area (Å²) in [6.45, 7) is 0.509. The van der Waals surface area contributed by atoms with Crippen LogP contribution in [0.3, 0.4) is 0 Å². The van der Waals surface area contributed by atoms with Crippen LogP contribution in [-0.2, 0) is 11.3 Å². The summed E-state index contributed by atoms with van der Waals surface area (Å²) in [5, 5.41) is 11.5. The van der Waals surface area contributed by atoms with Crippen molar-refractivity contribution >= 4 is 28.7 Å². The number of nitrogens with zero attached hydrogens (tertiary/aromatic N) is 6. The molecule has 2 aromatic carbocycles. The second-order valence-electron chi connectivity index (χ2n) is 6.91. The molecule has 9 nitrogen and oxygen atoms in total. The molecule has 0 atom stereocenters. The highest BCUT2D eigenvalue weighted by molar-refractivity contribution is 5.94. The Balaban J connectivity index is 1.61. The van der Waals surface area contributed by atoms with Crippen LogP contribution in [0.25, 0.3) is 16.9 Å². The maximum Gasteiger partial charge on any atom is 0.253 e. The van der Waals surface area contributed by atoms with Crippen LogP contribution in [0, 0.1) is 0 Å². The third-order valence-corrected chi connectivity index (χ3v) is 4.45. The lowest BCUT2D eigenvalue weighted by Gasteiger charge is -2.11. The number of benzene rings is 2. The lowest BCUT2D eigenvalue weighted by molar-refractivity contribution is 0.0827. The number of hydrogen-bond donors (Lipinski definition) is 1. The Hall–Kier alpha value is -3.85. The van der Waals surface area contributed by atoms with E-state index in [4.69, 9.17) is 4.74 Å². The first kappa shape index (κ1) is 19.5. The van der Waals surface area contributed by atoms with Crippen molar-refractivity contribution in [2.45, 2.75) is 6.61 Å². The van der Waals surface area contributed by atoms with Crippen LogP contribution in [0.2, 0.25) is 0 Å². The van der Waals surface area contributed by atoms with Gasteiger partial charge in [-0.3, -0.25) is 4.79 Å². The number of aromatic nitrogens is 5. The summed E-state index contributed by atoms with van der Waals surface area (Å²) in [5.41, 5.74) is 4.42. The Labute approximate surface area is 173 Å². The predicted molar refractivity (Wildman–Crippen MR) is 113 cm³/mol. The summed E-state index contributed by atoms with van der Waals surface area (Å²) in [5.74, 6) is 0.357. The first-order valence-corrected chi connectivity index (χ1v) is 9.30. The Morgan fingerprint density at radius 3 is 2.70 bits per heavy atom. The van der Waals surface area contributed by atoms with E-state index in [-0.39, 0.29) is 5.91 Å². The van der Waals surface area contributed by atoms with Crippen molar-refractivity contribution in [1.82, 2.24) is 29.9 Å². The summed E-state index contributed by atoms with van der Waals surface area (Å²) in [6.07, 6.45) is 1.62. The molecule has 0 fully saturated rings. The average molecular weight is 403 g/mol. The smallest absolute Gasteiger partial charge is 0.253 e. The van der Waals surface area contributed by atoms with Gasteiger partial charge in [-0.05, 0) is 42.0 Å². The first-order chi connectivity index (χ1) is 14.5. The van der Waals surface area contributed by atoms with Crippen LogP contribution in [0.5, 0.6) is 0 Å². The summed E-state index contributed by atoms with van der Waals surface area (Å²) in [7, 11) is 5.10. The van der Waals surface area contributed by atoms with E-state index in [1.54, 1.807) is 44.2 Å². The Morgan fingerprint density at radius 2 is 1.97 bits per heavy atom. The molecule has 4 aromatic rings. The van der Waals surface area contributed by atoms with Gasteiger partial charge in [0.1, 0.15) is 0 Å². The van der Waals surface area contributed by atoms with Gasteiger partial charge in [0, 0.05) is 32.5 Å². The van der Waals surface area contributed by atoms with Crippen molar-refractivity contribution in [1.29, 1.82) is 0 Å². The van der Waals surface area contributed by atoms with E-state index in [2.05, 4.69) is 25.6 Å². The van der Waals surface area contributed by atoms with Crippen molar-refractivity contribution in [3.05, 3.63) is 65.9 Å². The fraction of sp³-hybridized carbons (Fsp3) is 0.190. The zero-order chi connectivity index (χ0) is 21.1. The van der Waals surface area contributed by atoms with Gasteiger partial charge in [0.2, 0.25) is 5.95 Å². The second-order valence-corrected chi connectivity index (χ2v) is 6.91. The number of amides is 1. The molecule has 0 saturated heterocycles. The molecule has 0 radical (unpaired) electrons. The molecule has 152 valence electrons. The minimum atomic E-state index is -0.0510. The average Bonchev–Trinajstić information content (AvgIpc) is 3.17. The van der Waals surface area contributed by atoms with Crippen LogP contribution in [0.4, 0.5) is 11.6 Å². The first-order valence-electron chi connectivity index (χ1n) is 9.30. The van der Waals surface area contributed by atoms with E-state index in [0.717, 1.165) is 16.9 Å². The highest BCUT2D eigenvalue weighted by Gasteiger charge is 2.12. The van der Waals surface area contributed by atoms with Gasteiger partial charge in [-0.25, -0.2) is 4.98 Å². The van der Waals surface area contributed by atoms with E-state index in [9.17, 15) is 4.79 Å². The molecule has 0 unspecified atom stereocenters. The van der Waals surface area contributed by atoms with Crippen LogP contribution < -0.4 is 5.32 Å². The van der Waals surface area contributed by atoms with E-state index in [0.29, 0.717) is 29.3 Å². The number of methoxy groups -OCH3 is 1. The number of nitrogens with one attached hydrogen (secondary N) is 1. The van der Waals surface area contributed by atoms with Gasteiger partial charge < -0.3 is 15.0 Å². The molecule has 0 aliphatic heterocycles. The van der Waals surface area contributed by atoms with Crippen molar-refractivity contribution in [3.8, 4) is 5.69 Å². The Morgan fingerprint density at radius 1 is 1.17 bits per heavy atom. The lowest BCUT2D eigenvalue weighted by atomic mass is 10.2. The molecule has 30 heavy (non-hydrogen) atoms. The quantitative estimate of drug-likeness (QED) is 0.529. The monoisotopic (exact) mass is 403 g/mol. The molecular weight excluding hydrogens is 382 g/mol. The molecule has 1 N–H and O–H groups in total. The maximum atomic E-state index is 12.0. The number of carbonyl (C=O) groups is 1. The van der Waals surface area contributed by atoms with Crippen LogP contribution in [0.15, 0.2) is 54.7 Å². The molecule has 2 heterocycles. The highest BCUT2D eigenvalue weighted by atomic mass is 16.5. The molecule has 0 bridgehead atoms. The van der Waals surface area contributed by atoms with Gasteiger partial charge in [0.15, 0.2) is 11.2 Å². The lowest BCUT2D eigenvalue weighted by Crippen LogP contribution is -2.21. The number of rotatable bonds is 6. The Kier molecular flexibility index (Phi) is 5.36. The standard InChI is InChI=1S/C21H21N7O2/c1-27(2)20(29)15-7-9-16(10-8-15)23-21-22-12-18-19(24-21)28(26-25-18)17-6-4-5-14(11-17)13-30-3/h4-12H,13H2,1-3H3,(H,22,23,24). The number of ether oxygens (including phenoxy) is 1. The SMILES string of the molecule is COCc1cccc(-n2nnc3cnc(Nc4ccc(C(=O)N(C)C)cc4)nc32)c1. The van der Waals surface area contributed by atoms with E-state index in [1.165, 1.54) is 4.90 Å². The second kappa shape index (κ2) is 8.26. The normalized spacial score (nSPS) is 10.9. The maximum absolute atomic E-state index is 12.0.